The molecule has 0 saturated heterocycles. The molecular weight excluding hydrogens is 379 g/mol. The van der Waals surface area contributed by atoms with Crippen LogP contribution < -0.4 is 6.67 Å². The first kappa shape index (κ1) is 8.18. The molecule has 3 aromatic rings. The van der Waals surface area contributed by atoms with Crippen LogP contribution in [0.2, 0.25) is 0 Å². The van der Waals surface area contributed by atoms with Crippen LogP contribution in [0.4, 0.5) is 0 Å². The molecule has 1 aliphatic rings. The summed E-state index contributed by atoms with van der Waals surface area (Å²) in [5.41, 5.74) is 1.29. The van der Waals surface area contributed by atoms with Gasteiger partial charge in [0.2, 0.25) is 0 Å². The van der Waals surface area contributed by atoms with Crippen LogP contribution in [0.3, 0.4) is 0 Å². The van der Waals surface area contributed by atoms with Crippen LogP contribution >= 0.6 is 0 Å². The summed E-state index contributed by atoms with van der Waals surface area (Å²) in [5.74, 6) is 0. The van der Waals surface area contributed by atoms with E-state index in [1.54, 1.807) is 3.27 Å². The van der Waals surface area contributed by atoms with Crippen molar-refractivity contribution < 1.29 is 0 Å². The van der Waals surface area contributed by atoms with Crippen molar-refractivity contribution in [3.05, 3.63) is 42.5 Å². The number of rotatable bonds is 0. The Labute approximate surface area is 98.7 Å². The summed E-state index contributed by atoms with van der Waals surface area (Å²) in [6, 6.07) is 15.3. The minimum atomic E-state index is -0.822. The van der Waals surface area contributed by atoms with Crippen molar-refractivity contribution in [2.45, 2.75) is 0 Å². The molecule has 0 spiro atoms. The van der Waals surface area contributed by atoms with Crippen molar-refractivity contribution >= 4 is 51.6 Å². The first-order chi connectivity index (χ1) is 7.43. The molecule has 0 unspecified atom stereocenters. The van der Waals surface area contributed by atoms with E-state index < -0.39 is 23.2 Å². The molecule has 0 fully saturated rings. The Morgan fingerprint density at radius 3 is 2.53 bits per heavy atom. The number of hydrogen-bond acceptors (Lipinski definition) is 1. The van der Waals surface area contributed by atoms with Crippen LogP contribution in [-0.2, 0) is 0 Å². The Kier molecular flexibility index (Phi) is 1.51. The third-order valence-corrected chi connectivity index (χ3v) is 8.00. The van der Waals surface area contributed by atoms with E-state index in [0.29, 0.717) is 0 Å². The summed E-state index contributed by atoms with van der Waals surface area (Å²) in [5, 5.41) is 4.13. The zero-order valence-electron chi connectivity index (χ0n) is 7.99. The molecule has 4 rings (SSSR count). The molecule has 1 nitrogen and oxygen atoms in total. The van der Waals surface area contributed by atoms with Crippen LogP contribution in [0.25, 0.3) is 21.7 Å². The first-order valence-electron chi connectivity index (χ1n) is 5.02. The van der Waals surface area contributed by atoms with Gasteiger partial charge in [0.25, 0.3) is 0 Å². The van der Waals surface area contributed by atoms with E-state index in [2.05, 4.69) is 42.5 Å². The van der Waals surface area contributed by atoms with Crippen molar-refractivity contribution in [1.29, 1.82) is 0 Å². The van der Waals surface area contributed by atoms with E-state index in [9.17, 15) is 0 Å². The molecule has 0 saturated carbocycles. The van der Waals surface area contributed by atoms with Crippen LogP contribution in [0.15, 0.2) is 42.5 Å². The van der Waals surface area contributed by atoms with E-state index in [0.717, 1.165) is 0 Å². The number of para-hydroxylation sites is 1. The summed E-state index contributed by atoms with van der Waals surface area (Å²) >= 11 is -0.822. The third-order valence-electron chi connectivity index (χ3n) is 2.99. The summed E-state index contributed by atoms with van der Waals surface area (Å²) in [6.07, 6.45) is 0. The predicted octanol–water partition coefficient (Wildman–Crippen LogP) is 1.09. The SMILES string of the molecule is c1ccc2c(c1)[c]1nc3[c](cccc32)[BiH]1. The Balaban J connectivity index is 2.41. The van der Waals surface area contributed by atoms with E-state index in [1.165, 1.54) is 25.1 Å². The molecule has 0 aliphatic carbocycles. The van der Waals surface area contributed by atoms with Crippen LogP contribution in [-0.4, -0.2) is 28.2 Å². The standard InChI is InChI=1S/C13H7N.Bi.H/c1-2-6-11-10(5-1)9-14-13-8-4-3-7-12(11)13;;/h1-7H;;. The third kappa shape index (κ3) is 0.982. The maximum atomic E-state index is 4.78. The van der Waals surface area contributed by atoms with E-state index in [4.69, 9.17) is 4.98 Å². The quantitative estimate of drug-likeness (QED) is 0.325. The average molecular weight is 387 g/mol. The molecule has 2 aromatic carbocycles. The van der Waals surface area contributed by atoms with Crippen molar-refractivity contribution in [2.75, 3.05) is 0 Å². The molecule has 1 aromatic heterocycles. The van der Waals surface area contributed by atoms with Gasteiger partial charge >= 0.3 is 99.0 Å². The summed E-state index contributed by atoms with van der Waals surface area (Å²) in [7, 11) is 0. The Morgan fingerprint density at radius 1 is 0.800 bits per heavy atom. The van der Waals surface area contributed by atoms with Gasteiger partial charge in [0.1, 0.15) is 0 Å². The molecule has 0 radical (unpaired) electrons. The molecule has 2 heteroatoms. The fourth-order valence-corrected chi connectivity index (χ4v) is 7.22. The number of fused-ring (bicyclic) bond motifs is 4. The normalized spacial score (nSPS) is 13.1. The predicted molar refractivity (Wildman–Crippen MR) is 65.7 cm³/mol. The Morgan fingerprint density at radius 2 is 1.60 bits per heavy atom. The van der Waals surface area contributed by atoms with Gasteiger partial charge in [-0.05, 0) is 0 Å². The van der Waals surface area contributed by atoms with E-state index in [-0.39, 0.29) is 0 Å². The molecule has 15 heavy (non-hydrogen) atoms. The maximum absolute atomic E-state index is 4.78. The fourth-order valence-electron chi connectivity index (χ4n) is 2.30. The molecule has 70 valence electrons. The number of pyridine rings is 1. The van der Waals surface area contributed by atoms with E-state index in [1.807, 2.05) is 0 Å². The number of hydrogen-bond donors (Lipinski definition) is 0. The Bertz CT molecular complexity index is 688. The topological polar surface area (TPSA) is 12.9 Å². The van der Waals surface area contributed by atoms with Gasteiger partial charge in [-0.3, -0.25) is 0 Å². The molecule has 2 heterocycles. The molecule has 2 bridgehead atoms. The van der Waals surface area contributed by atoms with Gasteiger partial charge < -0.3 is 0 Å². The zero-order chi connectivity index (χ0) is 9.83. The van der Waals surface area contributed by atoms with Gasteiger partial charge in [-0.2, -0.15) is 0 Å². The van der Waals surface area contributed by atoms with Gasteiger partial charge in [0.15, 0.2) is 0 Å². The molecule has 0 atom stereocenters. The summed E-state index contributed by atoms with van der Waals surface area (Å²) < 4.78 is 3.00. The number of nitrogens with zero attached hydrogens (tertiary/aromatic N) is 1. The summed E-state index contributed by atoms with van der Waals surface area (Å²) in [4.78, 5) is 4.78. The molecule has 0 amide bonds. The molecular formula is C13H8BiN. The van der Waals surface area contributed by atoms with Gasteiger partial charge in [-0.25, -0.2) is 0 Å². The summed E-state index contributed by atoms with van der Waals surface area (Å²) in [6.45, 7) is 0. The second-order valence-electron chi connectivity index (χ2n) is 3.83. The Hall–Kier alpha value is -1.01. The zero-order valence-corrected chi connectivity index (χ0v) is 11.9. The van der Waals surface area contributed by atoms with Crippen LogP contribution in [0.1, 0.15) is 0 Å². The minimum absolute atomic E-state index is 0.822. The number of aromatic nitrogens is 1. The van der Waals surface area contributed by atoms with E-state index >= 15 is 0 Å². The van der Waals surface area contributed by atoms with Gasteiger partial charge in [-0.1, -0.05) is 0 Å². The average Bonchev–Trinajstić information content (AvgIpc) is 2.70. The number of benzene rings is 2. The molecule has 1 aliphatic heterocycles. The van der Waals surface area contributed by atoms with Crippen molar-refractivity contribution in [3.63, 3.8) is 0 Å². The fraction of sp³-hybridized carbons (Fsp3) is 0. The monoisotopic (exact) mass is 387 g/mol. The van der Waals surface area contributed by atoms with Gasteiger partial charge in [0, 0.05) is 0 Å². The van der Waals surface area contributed by atoms with Crippen LogP contribution in [0, 0.1) is 0 Å². The second-order valence-corrected chi connectivity index (χ2v) is 8.74. The van der Waals surface area contributed by atoms with Crippen molar-refractivity contribution in [1.82, 2.24) is 4.98 Å². The van der Waals surface area contributed by atoms with Crippen molar-refractivity contribution in [3.8, 4) is 0 Å². The van der Waals surface area contributed by atoms with Gasteiger partial charge in [0.05, 0.1) is 0 Å². The van der Waals surface area contributed by atoms with Crippen molar-refractivity contribution in [2.24, 2.45) is 0 Å². The first-order valence-corrected chi connectivity index (χ1v) is 8.91. The van der Waals surface area contributed by atoms with Gasteiger partial charge in [-0.15, -0.1) is 0 Å². The second kappa shape index (κ2) is 2.77. The van der Waals surface area contributed by atoms with Crippen LogP contribution in [0.5, 0.6) is 0 Å². The molecule has 0 N–H and O–H groups in total.